The summed E-state index contributed by atoms with van der Waals surface area (Å²) < 4.78 is 0. The maximum Gasteiger partial charge on any atom is 0.291 e. The highest BCUT2D eigenvalue weighted by Gasteiger charge is 2.30. The second kappa shape index (κ2) is 4.82. The molecular formula is C14H16N3O. The van der Waals surface area contributed by atoms with Gasteiger partial charge in [-0.3, -0.25) is 4.79 Å². The number of rotatable bonds is 2. The molecule has 1 radical (unpaired) electrons. The number of piperidine rings is 1. The van der Waals surface area contributed by atoms with Gasteiger partial charge in [-0.25, -0.2) is 5.01 Å². The van der Waals surface area contributed by atoms with Crippen LogP contribution >= 0.6 is 0 Å². The monoisotopic (exact) mass is 242 g/mol. The molecule has 4 nitrogen and oxygen atoms in total. The zero-order chi connectivity index (χ0) is 12.4. The molecule has 0 saturated carbocycles. The van der Waals surface area contributed by atoms with Gasteiger partial charge in [0.15, 0.2) is 0 Å². The van der Waals surface area contributed by atoms with Gasteiger partial charge in [-0.05, 0) is 44.0 Å². The minimum Gasteiger partial charge on any atom is -0.317 e. The predicted molar refractivity (Wildman–Crippen MR) is 69.7 cm³/mol. The molecule has 2 aliphatic heterocycles. The third kappa shape index (κ3) is 2.11. The summed E-state index contributed by atoms with van der Waals surface area (Å²) in [6.45, 7) is 1.97. The van der Waals surface area contributed by atoms with Gasteiger partial charge in [0, 0.05) is 11.8 Å². The zero-order valence-corrected chi connectivity index (χ0v) is 10.2. The average molecular weight is 242 g/mol. The van der Waals surface area contributed by atoms with Crippen molar-refractivity contribution in [2.75, 3.05) is 18.1 Å². The fourth-order valence-corrected chi connectivity index (χ4v) is 2.50. The molecular weight excluding hydrogens is 226 g/mol. The van der Waals surface area contributed by atoms with Crippen molar-refractivity contribution in [1.29, 1.82) is 0 Å². The van der Waals surface area contributed by atoms with E-state index in [-0.39, 0.29) is 5.91 Å². The molecule has 1 fully saturated rings. The number of amides is 1. The van der Waals surface area contributed by atoms with Gasteiger partial charge in [-0.15, -0.1) is 5.43 Å². The molecule has 0 aliphatic carbocycles. The Morgan fingerprint density at radius 1 is 1.17 bits per heavy atom. The van der Waals surface area contributed by atoms with Crippen molar-refractivity contribution >= 4 is 11.6 Å². The Hall–Kier alpha value is -1.81. The minimum atomic E-state index is -0.0780. The van der Waals surface area contributed by atoms with E-state index in [0.717, 1.165) is 37.2 Å². The van der Waals surface area contributed by atoms with Crippen molar-refractivity contribution < 1.29 is 4.79 Å². The molecule has 0 spiro atoms. The fraction of sp³-hybridized carbons (Fsp3) is 0.357. The van der Waals surface area contributed by atoms with E-state index in [0.29, 0.717) is 5.92 Å². The fourth-order valence-electron chi connectivity index (χ4n) is 2.50. The first-order chi connectivity index (χ1) is 8.84. The van der Waals surface area contributed by atoms with Gasteiger partial charge in [0.1, 0.15) is 0 Å². The number of carbonyl (C=O) groups is 1. The SMILES string of the molecule is O=C1[N]N(c2ccccc2)C=C1C1CCNCC1. The molecule has 3 rings (SSSR count). The summed E-state index contributed by atoms with van der Waals surface area (Å²) in [5, 5.41) is 5.01. The van der Waals surface area contributed by atoms with Crippen LogP contribution in [0.1, 0.15) is 12.8 Å². The standard InChI is InChI=1S/C14H16N3O/c18-14-13(11-6-8-15-9-7-11)10-17(16-14)12-4-2-1-3-5-12/h1-5,10-11,15H,6-9H2. The Morgan fingerprint density at radius 2 is 1.89 bits per heavy atom. The topological polar surface area (TPSA) is 46.4 Å². The number of nitrogens with one attached hydrogen (secondary N) is 1. The maximum atomic E-state index is 12.0. The molecule has 1 aromatic carbocycles. The van der Waals surface area contributed by atoms with E-state index in [1.165, 1.54) is 0 Å². The van der Waals surface area contributed by atoms with Gasteiger partial charge < -0.3 is 5.32 Å². The first kappa shape index (κ1) is 11.3. The van der Waals surface area contributed by atoms with E-state index in [2.05, 4.69) is 10.7 Å². The Balaban J connectivity index is 1.80. The van der Waals surface area contributed by atoms with Gasteiger partial charge in [0.25, 0.3) is 5.91 Å². The summed E-state index contributed by atoms with van der Waals surface area (Å²) >= 11 is 0. The van der Waals surface area contributed by atoms with E-state index in [1.54, 1.807) is 5.01 Å². The molecule has 1 N–H and O–H groups in total. The number of hydrogen-bond donors (Lipinski definition) is 1. The molecule has 0 atom stereocenters. The van der Waals surface area contributed by atoms with Crippen LogP contribution in [0.25, 0.3) is 0 Å². The summed E-state index contributed by atoms with van der Waals surface area (Å²) in [6.07, 6.45) is 3.94. The van der Waals surface area contributed by atoms with E-state index in [4.69, 9.17) is 0 Å². The van der Waals surface area contributed by atoms with Crippen LogP contribution in [0, 0.1) is 5.92 Å². The van der Waals surface area contributed by atoms with Gasteiger partial charge in [-0.2, -0.15) is 0 Å². The summed E-state index contributed by atoms with van der Waals surface area (Å²) in [7, 11) is 0. The number of benzene rings is 1. The highest BCUT2D eigenvalue weighted by Crippen LogP contribution is 2.27. The van der Waals surface area contributed by atoms with Crippen molar-refractivity contribution in [3.8, 4) is 0 Å². The van der Waals surface area contributed by atoms with Crippen LogP contribution in [-0.2, 0) is 4.79 Å². The Bertz CT molecular complexity index is 463. The first-order valence-corrected chi connectivity index (χ1v) is 6.37. The molecule has 2 aliphatic rings. The second-order valence-electron chi connectivity index (χ2n) is 4.69. The lowest BCUT2D eigenvalue weighted by molar-refractivity contribution is -0.117. The van der Waals surface area contributed by atoms with Crippen molar-refractivity contribution in [1.82, 2.24) is 10.7 Å². The smallest absolute Gasteiger partial charge is 0.291 e. The van der Waals surface area contributed by atoms with Crippen molar-refractivity contribution in [3.63, 3.8) is 0 Å². The number of anilines is 1. The van der Waals surface area contributed by atoms with Crippen LogP contribution in [0.3, 0.4) is 0 Å². The van der Waals surface area contributed by atoms with E-state index >= 15 is 0 Å². The van der Waals surface area contributed by atoms with Crippen LogP contribution in [0.2, 0.25) is 0 Å². The molecule has 1 saturated heterocycles. The molecule has 4 heteroatoms. The maximum absolute atomic E-state index is 12.0. The van der Waals surface area contributed by atoms with Gasteiger partial charge in [0.2, 0.25) is 0 Å². The van der Waals surface area contributed by atoms with Crippen LogP contribution < -0.4 is 15.8 Å². The van der Waals surface area contributed by atoms with E-state index < -0.39 is 0 Å². The van der Waals surface area contributed by atoms with Crippen molar-refractivity contribution in [2.45, 2.75) is 12.8 Å². The number of carbonyl (C=O) groups excluding carboxylic acids is 1. The Morgan fingerprint density at radius 3 is 2.61 bits per heavy atom. The van der Waals surface area contributed by atoms with E-state index in [1.807, 2.05) is 36.5 Å². The van der Waals surface area contributed by atoms with Crippen LogP contribution in [-0.4, -0.2) is 19.0 Å². The summed E-state index contributed by atoms with van der Waals surface area (Å²) in [6, 6.07) is 9.77. The Labute approximate surface area is 107 Å². The lowest BCUT2D eigenvalue weighted by Gasteiger charge is -2.21. The highest BCUT2D eigenvalue weighted by molar-refractivity contribution is 5.98. The highest BCUT2D eigenvalue weighted by atomic mass is 16.2. The average Bonchev–Trinajstić information content (AvgIpc) is 2.83. The molecule has 93 valence electrons. The summed E-state index contributed by atoms with van der Waals surface area (Å²) in [4.78, 5) is 12.0. The lowest BCUT2D eigenvalue weighted by Crippen LogP contribution is -2.31. The van der Waals surface area contributed by atoms with Crippen LogP contribution in [0.5, 0.6) is 0 Å². The number of hydrogen-bond acceptors (Lipinski definition) is 3. The zero-order valence-electron chi connectivity index (χ0n) is 10.2. The van der Waals surface area contributed by atoms with Gasteiger partial charge in [0.05, 0.1) is 5.69 Å². The molecule has 1 aromatic rings. The van der Waals surface area contributed by atoms with Crippen molar-refractivity contribution in [2.24, 2.45) is 5.92 Å². The largest absolute Gasteiger partial charge is 0.317 e. The third-order valence-electron chi connectivity index (χ3n) is 3.51. The van der Waals surface area contributed by atoms with Gasteiger partial charge >= 0.3 is 0 Å². The molecule has 0 unspecified atom stereocenters. The minimum absolute atomic E-state index is 0.0780. The van der Waals surface area contributed by atoms with Crippen LogP contribution in [0.15, 0.2) is 42.1 Å². The van der Waals surface area contributed by atoms with Gasteiger partial charge in [-0.1, -0.05) is 18.2 Å². The number of nitrogens with zero attached hydrogens (tertiary/aromatic N) is 2. The molecule has 2 heterocycles. The number of para-hydroxylation sites is 1. The Kier molecular flexibility index (Phi) is 3.02. The second-order valence-corrected chi connectivity index (χ2v) is 4.69. The predicted octanol–water partition coefficient (Wildman–Crippen LogP) is 1.44. The normalized spacial score (nSPS) is 20.8. The first-order valence-electron chi connectivity index (χ1n) is 6.37. The molecule has 0 aromatic heterocycles. The lowest BCUT2D eigenvalue weighted by atomic mass is 9.90. The summed E-state index contributed by atoms with van der Waals surface area (Å²) in [5.41, 5.74) is 5.90. The molecule has 18 heavy (non-hydrogen) atoms. The van der Waals surface area contributed by atoms with E-state index in [9.17, 15) is 4.79 Å². The molecule has 1 amide bonds. The molecule has 0 bridgehead atoms. The third-order valence-corrected chi connectivity index (χ3v) is 3.51. The van der Waals surface area contributed by atoms with Crippen molar-refractivity contribution in [3.05, 3.63) is 42.1 Å². The quantitative estimate of drug-likeness (QED) is 0.853. The van der Waals surface area contributed by atoms with Crippen LogP contribution in [0.4, 0.5) is 5.69 Å². The summed E-state index contributed by atoms with van der Waals surface area (Å²) in [5.74, 6) is 0.280.